The Labute approximate surface area is 174 Å². The molecule has 4 aromatic heterocycles. The molecule has 1 saturated heterocycles. The van der Waals surface area contributed by atoms with E-state index in [-0.39, 0.29) is 6.10 Å². The molecule has 146 valence electrons. The zero-order valence-electron chi connectivity index (χ0n) is 15.2. The molecular weight excluding hydrogens is 439 g/mol. The molecule has 29 heavy (non-hydrogen) atoms. The highest BCUT2D eigenvalue weighted by atomic mass is 79.9. The number of nitrogens with one attached hydrogen (secondary N) is 1. The number of aromatic nitrogens is 4. The van der Waals surface area contributed by atoms with Crippen molar-refractivity contribution in [1.82, 2.24) is 19.9 Å². The van der Waals surface area contributed by atoms with Crippen LogP contribution in [0.4, 0.5) is 4.39 Å². The number of H-pyrrole nitrogens is 1. The summed E-state index contributed by atoms with van der Waals surface area (Å²) >= 11 is 3.41. The van der Waals surface area contributed by atoms with E-state index in [1.807, 2.05) is 30.3 Å². The summed E-state index contributed by atoms with van der Waals surface area (Å²) in [7, 11) is 0. The summed E-state index contributed by atoms with van der Waals surface area (Å²) in [5.41, 5.74) is 4.15. The molecule has 0 unspecified atom stereocenters. The van der Waals surface area contributed by atoms with Crippen LogP contribution in [0.5, 0.6) is 5.75 Å². The zero-order chi connectivity index (χ0) is 19.8. The average Bonchev–Trinajstić information content (AvgIpc) is 3.36. The van der Waals surface area contributed by atoms with Gasteiger partial charge in [0.1, 0.15) is 27.5 Å². The summed E-state index contributed by atoms with van der Waals surface area (Å²) in [5, 5.41) is 0. The van der Waals surface area contributed by atoms with Gasteiger partial charge in [-0.15, -0.1) is 0 Å². The van der Waals surface area contributed by atoms with Crippen LogP contribution in [0.2, 0.25) is 0 Å². The molecule has 5 heterocycles. The summed E-state index contributed by atoms with van der Waals surface area (Å²) in [6, 6.07) is 10.7. The zero-order valence-corrected chi connectivity index (χ0v) is 16.8. The fraction of sp³-hybridized carbons (Fsp3) is 0.190. The van der Waals surface area contributed by atoms with Gasteiger partial charge in [-0.2, -0.15) is 4.39 Å². The van der Waals surface area contributed by atoms with E-state index < -0.39 is 5.95 Å². The molecule has 1 N–H and O–H groups in total. The van der Waals surface area contributed by atoms with E-state index in [0.29, 0.717) is 45.9 Å². The molecule has 0 bridgehead atoms. The monoisotopic (exact) mass is 454 g/mol. The van der Waals surface area contributed by atoms with Gasteiger partial charge in [0.05, 0.1) is 30.2 Å². The van der Waals surface area contributed by atoms with Crippen LogP contribution in [0.15, 0.2) is 53.4 Å². The van der Waals surface area contributed by atoms with Crippen LogP contribution in [-0.4, -0.2) is 39.3 Å². The van der Waals surface area contributed by atoms with Crippen molar-refractivity contribution in [2.24, 2.45) is 0 Å². The van der Waals surface area contributed by atoms with Crippen molar-refractivity contribution >= 4 is 27.0 Å². The van der Waals surface area contributed by atoms with Crippen molar-refractivity contribution < 1.29 is 13.9 Å². The van der Waals surface area contributed by atoms with Gasteiger partial charge in [0.15, 0.2) is 0 Å². The molecule has 5 rings (SSSR count). The molecule has 1 atom stereocenters. The number of pyridine rings is 3. The lowest BCUT2D eigenvalue weighted by molar-refractivity contribution is 0.142. The van der Waals surface area contributed by atoms with Crippen molar-refractivity contribution in [3.63, 3.8) is 0 Å². The van der Waals surface area contributed by atoms with E-state index in [2.05, 4.69) is 35.9 Å². The molecule has 1 fully saturated rings. The van der Waals surface area contributed by atoms with Crippen LogP contribution >= 0.6 is 15.9 Å². The van der Waals surface area contributed by atoms with Crippen molar-refractivity contribution in [3.8, 4) is 28.3 Å². The summed E-state index contributed by atoms with van der Waals surface area (Å²) in [4.78, 5) is 16.2. The van der Waals surface area contributed by atoms with Crippen molar-refractivity contribution in [2.45, 2.75) is 12.5 Å². The van der Waals surface area contributed by atoms with Crippen LogP contribution in [-0.2, 0) is 4.74 Å². The Bertz CT molecular complexity index is 1180. The molecule has 0 saturated carbocycles. The Hall–Kier alpha value is -2.84. The van der Waals surface area contributed by atoms with E-state index in [1.54, 1.807) is 12.4 Å². The molecule has 0 aromatic carbocycles. The highest BCUT2D eigenvalue weighted by molar-refractivity contribution is 9.10. The van der Waals surface area contributed by atoms with Crippen molar-refractivity contribution in [1.29, 1.82) is 0 Å². The second-order valence-corrected chi connectivity index (χ2v) is 7.54. The molecule has 4 aromatic rings. The number of halogens is 2. The highest BCUT2D eigenvalue weighted by Crippen LogP contribution is 2.40. The van der Waals surface area contributed by atoms with Gasteiger partial charge >= 0.3 is 0 Å². The van der Waals surface area contributed by atoms with Gasteiger partial charge in [0.2, 0.25) is 5.95 Å². The predicted octanol–water partition coefficient (Wildman–Crippen LogP) is 4.76. The number of hydrogen-bond acceptors (Lipinski definition) is 5. The number of rotatable bonds is 4. The molecule has 8 heteroatoms. The number of nitrogens with zero attached hydrogens (tertiary/aromatic N) is 3. The predicted molar refractivity (Wildman–Crippen MR) is 110 cm³/mol. The largest absolute Gasteiger partial charge is 0.485 e. The first-order chi connectivity index (χ1) is 14.2. The van der Waals surface area contributed by atoms with Gasteiger partial charge in [0.25, 0.3) is 0 Å². The number of aromatic amines is 1. The summed E-state index contributed by atoms with van der Waals surface area (Å²) < 4.78 is 26.6. The van der Waals surface area contributed by atoms with E-state index in [1.165, 1.54) is 6.07 Å². The Balaban J connectivity index is 1.76. The van der Waals surface area contributed by atoms with Crippen LogP contribution in [0, 0.1) is 5.95 Å². The number of hydrogen-bond donors (Lipinski definition) is 1. The molecule has 1 aliphatic heterocycles. The second kappa shape index (κ2) is 7.53. The summed E-state index contributed by atoms with van der Waals surface area (Å²) in [5.74, 6) is -0.190. The van der Waals surface area contributed by atoms with E-state index in [0.717, 1.165) is 17.7 Å². The van der Waals surface area contributed by atoms with E-state index >= 15 is 0 Å². The van der Waals surface area contributed by atoms with Gasteiger partial charge in [-0.3, -0.25) is 4.98 Å². The maximum atomic E-state index is 14.5. The SMILES string of the molecule is Fc1cc(O[C@H]2CCOC2)c2[nH]c(-c3ccnc(Br)c3)c(-c3ccccn3)c2n1. The van der Waals surface area contributed by atoms with Gasteiger partial charge in [-0.05, 0) is 40.2 Å². The van der Waals surface area contributed by atoms with Crippen LogP contribution < -0.4 is 4.74 Å². The molecule has 0 aliphatic carbocycles. The fourth-order valence-electron chi connectivity index (χ4n) is 3.51. The van der Waals surface area contributed by atoms with Crippen LogP contribution in [0.25, 0.3) is 33.5 Å². The fourth-order valence-corrected chi connectivity index (χ4v) is 3.88. The lowest BCUT2D eigenvalue weighted by Crippen LogP contribution is -2.16. The smallest absolute Gasteiger partial charge is 0.217 e. The Morgan fingerprint density at radius 2 is 2.10 bits per heavy atom. The lowest BCUT2D eigenvalue weighted by atomic mass is 10.1. The molecule has 6 nitrogen and oxygen atoms in total. The van der Waals surface area contributed by atoms with Crippen molar-refractivity contribution in [2.75, 3.05) is 13.2 Å². The minimum atomic E-state index is -0.606. The Morgan fingerprint density at radius 1 is 1.17 bits per heavy atom. The van der Waals surface area contributed by atoms with Gasteiger partial charge in [-0.1, -0.05) is 6.07 Å². The van der Waals surface area contributed by atoms with Crippen LogP contribution in [0.3, 0.4) is 0 Å². The summed E-state index contributed by atoms with van der Waals surface area (Å²) in [6.07, 6.45) is 4.06. The third-order valence-corrected chi connectivity index (χ3v) is 5.24. The van der Waals surface area contributed by atoms with E-state index in [4.69, 9.17) is 9.47 Å². The normalized spacial score (nSPS) is 16.4. The summed E-state index contributed by atoms with van der Waals surface area (Å²) in [6.45, 7) is 1.13. The average molecular weight is 455 g/mol. The molecule has 1 aliphatic rings. The topological polar surface area (TPSA) is 72.9 Å². The van der Waals surface area contributed by atoms with Crippen LogP contribution in [0.1, 0.15) is 6.42 Å². The quantitative estimate of drug-likeness (QED) is 0.450. The maximum Gasteiger partial charge on any atom is 0.217 e. The third kappa shape index (κ3) is 3.49. The third-order valence-electron chi connectivity index (χ3n) is 4.81. The molecular formula is C21H16BrFN4O2. The first-order valence-electron chi connectivity index (χ1n) is 9.19. The van der Waals surface area contributed by atoms with E-state index in [9.17, 15) is 4.39 Å². The Kier molecular flexibility index (Phi) is 4.73. The molecule has 0 amide bonds. The van der Waals surface area contributed by atoms with Gasteiger partial charge in [0, 0.05) is 30.4 Å². The first kappa shape index (κ1) is 18.2. The first-order valence-corrected chi connectivity index (χ1v) is 9.98. The second-order valence-electron chi connectivity index (χ2n) is 6.73. The standard InChI is InChI=1S/C21H16BrFN4O2/c22-16-9-12(4-7-25-16)19-18(14-3-1-2-6-24-14)21-20(27-19)15(10-17(23)26-21)29-13-5-8-28-11-13/h1-4,6-7,9-10,13,27H,5,8,11H2/t13-/m0/s1. The molecule has 0 spiro atoms. The molecule has 0 radical (unpaired) electrons. The highest BCUT2D eigenvalue weighted by Gasteiger charge is 2.24. The number of fused-ring (bicyclic) bond motifs is 1. The van der Waals surface area contributed by atoms with Gasteiger partial charge in [-0.25, -0.2) is 9.97 Å². The van der Waals surface area contributed by atoms with Crippen molar-refractivity contribution in [3.05, 3.63) is 59.3 Å². The maximum absolute atomic E-state index is 14.5. The minimum Gasteiger partial charge on any atom is -0.485 e. The number of ether oxygens (including phenoxy) is 2. The van der Waals surface area contributed by atoms with Gasteiger partial charge < -0.3 is 14.5 Å². The lowest BCUT2D eigenvalue weighted by Gasteiger charge is -2.12. The minimum absolute atomic E-state index is 0.111. The Morgan fingerprint density at radius 3 is 2.86 bits per heavy atom.